The molecule has 3 aromatic rings. The van der Waals surface area contributed by atoms with E-state index < -0.39 is 0 Å². The van der Waals surface area contributed by atoms with Gasteiger partial charge in [0.1, 0.15) is 5.82 Å². The maximum Gasteiger partial charge on any atom is 0.242 e. The van der Waals surface area contributed by atoms with Crippen molar-refractivity contribution in [3.05, 3.63) is 54.7 Å². The lowest BCUT2D eigenvalue weighted by Crippen LogP contribution is -2.49. The standard InChI is InChI=1S/C18H17FN6O/c1-23-8-9-24(12-17(23)26)18-20-7-6-16(22-18)13-10-21-25(11-13)15-4-2-14(19)3-5-15/h2-7,10-11H,8-9,12H2,1H3. The van der Waals surface area contributed by atoms with Gasteiger partial charge in [-0.05, 0) is 30.3 Å². The average molecular weight is 352 g/mol. The van der Waals surface area contributed by atoms with Crippen molar-refractivity contribution in [3.8, 4) is 16.9 Å². The van der Waals surface area contributed by atoms with E-state index in [-0.39, 0.29) is 18.3 Å². The molecule has 0 unspecified atom stereocenters. The summed E-state index contributed by atoms with van der Waals surface area (Å²) in [6.45, 7) is 1.62. The van der Waals surface area contributed by atoms with Crippen LogP contribution in [0.1, 0.15) is 0 Å². The summed E-state index contributed by atoms with van der Waals surface area (Å²) in [4.78, 5) is 24.4. The van der Waals surface area contributed by atoms with E-state index in [0.717, 1.165) is 16.9 Å². The highest BCUT2D eigenvalue weighted by Gasteiger charge is 2.23. The van der Waals surface area contributed by atoms with Crippen molar-refractivity contribution in [1.29, 1.82) is 0 Å². The number of aromatic nitrogens is 4. The summed E-state index contributed by atoms with van der Waals surface area (Å²) in [6, 6.07) is 7.90. The Balaban J connectivity index is 1.59. The fraction of sp³-hybridized carbons (Fsp3) is 0.222. The summed E-state index contributed by atoms with van der Waals surface area (Å²) >= 11 is 0. The lowest BCUT2D eigenvalue weighted by atomic mass is 10.2. The second-order valence-electron chi connectivity index (χ2n) is 6.13. The Kier molecular flexibility index (Phi) is 4.08. The van der Waals surface area contributed by atoms with Gasteiger partial charge in [-0.3, -0.25) is 4.79 Å². The number of rotatable bonds is 3. The molecule has 1 aromatic carbocycles. The van der Waals surface area contributed by atoms with E-state index in [1.165, 1.54) is 12.1 Å². The summed E-state index contributed by atoms with van der Waals surface area (Å²) < 4.78 is 14.7. The molecule has 26 heavy (non-hydrogen) atoms. The second kappa shape index (κ2) is 6.55. The van der Waals surface area contributed by atoms with Crippen molar-refractivity contribution in [2.75, 3.05) is 31.6 Å². The Bertz CT molecular complexity index is 939. The van der Waals surface area contributed by atoms with Crippen LogP contribution in [-0.2, 0) is 4.79 Å². The van der Waals surface area contributed by atoms with Crippen molar-refractivity contribution in [3.63, 3.8) is 0 Å². The number of likely N-dealkylation sites (N-methyl/N-ethyl adjacent to an activating group) is 1. The van der Waals surface area contributed by atoms with Gasteiger partial charge in [-0.1, -0.05) is 0 Å². The fourth-order valence-electron chi connectivity index (χ4n) is 2.78. The molecule has 7 nitrogen and oxygen atoms in total. The van der Waals surface area contributed by atoms with Crippen LogP contribution in [0.2, 0.25) is 0 Å². The first kappa shape index (κ1) is 16.2. The highest BCUT2D eigenvalue weighted by molar-refractivity contribution is 5.82. The van der Waals surface area contributed by atoms with Gasteiger partial charge in [0.15, 0.2) is 0 Å². The predicted octanol–water partition coefficient (Wildman–Crippen LogP) is 1.75. The molecule has 0 spiro atoms. The molecule has 0 N–H and O–H groups in total. The summed E-state index contributed by atoms with van der Waals surface area (Å²) in [7, 11) is 1.79. The Hall–Kier alpha value is -3.29. The number of carbonyl (C=O) groups is 1. The Morgan fingerprint density at radius 3 is 2.69 bits per heavy atom. The first-order valence-corrected chi connectivity index (χ1v) is 8.23. The molecule has 4 rings (SSSR count). The molecule has 0 atom stereocenters. The van der Waals surface area contributed by atoms with Crippen LogP contribution in [0.4, 0.5) is 10.3 Å². The van der Waals surface area contributed by atoms with Crippen molar-refractivity contribution < 1.29 is 9.18 Å². The van der Waals surface area contributed by atoms with Crippen LogP contribution < -0.4 is 4.90 Å². The van der Waals surface area contributed by atoms with Crippen molar-refractivity contribution >= 4 is 11.9 Å². The zero-order chi connectivity index (χ0) is 18.1. The van der Waals surface area contributed by atoms with Crippen LogP contribution in [0.3, 0.4) is 0 Å². The normalized spacial score (nSPS) is 14.8. The molecule has 1 fully saturated rings. The first-order valence-electron chi connectivity index (χ1n) is 8.23. The molecule has 0 saturated carbocycles. The van der Waals surface area contributed by atoms with E-state index in [0.29, 0.717) is 19.0 Å². The third-order valence-electron chi connectivity index (χ3n) is 4.35. The molecule has 0 aliphatic carbocycles. The van der Waals surface area contributed by atoms with Crippen LogP contribution in [-0.4, -0.2) is 57.2 Å². The topological polar surface area (TPSA) is 67.2 Å². The fourth-order valence-corrected chi connectivity index (χ4v) is 2.78. The van der Waals surface area contributed by atoms with Gasteiger partial charge in [0, 0.05) is 38.1 Å². The minimum absolute atomic E-state index is 0.0504. The zero-order valence-corrected chi connectivity index (χ0v) is 14.2. The molecule has 1 aliphatic heterocycles. The predicted molar refractivity (Wildman–Crippen MR) is 94.4 cm³/mol. The summed E-state index contributed by atoms with van der Waals surface area (Å²) in [6.07, 6.45) is 5.20. The van der Waals surface area contributed by atoms with Gasteiger partial charge in [-0.15, -0.1) is 0 Å². The number of carbonyl (C=O) groups excluding carboxylic acids is 1. The highest BCUT2D eigenvalue weighted by Crippen LogP contribution is 2.21. The molecule has 1 saturated heterocycles. The minimum Gasteiger partial charge on any atom is -0.342 e. The minimum atomic E-state index is -0.289. The van der Waals surface area contributed by atoms with Gasteiger partial charge in [0.05, 0.1) is 24.1 Å². The second-order valence-corrected chi connectivity index (χ2v) is 6.13. The SMILES string of the molecule is CN1CCN(c2nccc(-c3cnn(-c4ccc(F)cc4)c3)n2)CC1=O. The largest absolute Gasteiger partial charge is 0.342 e. The van der Waals surface area contributed by atoms with E-state index in [1.54, 1.807) is 47.2 Å². The quantitative estimate of drug-likeness (QED) is 0.718. The van der Waals surface area contributed by atoms with E-state index in [2.05, 4.69) is 15.1 Å². The number of anilines is 1. The molecule has 3 heterocycles. The molecule has 0 bridgehead atoms. The van der Waals surface area contributed by atoms with Crippen molar-refractivity contribution in [1.82, 2.24) is 24.6 Å². The van der Waals surface area contributed by atoms with Crippen LogP contribution in [0, 0.1) is 5.82 Å². The lowest BCUT2D eigenvalue weighted by Gasteiger charge is -2.31. The smallest absolute Gasteiger partial charge is 0.242 e. The van der Waals surface area contributed by atoms with E-state index >= 15 is 0 Å². The van der Waals surface area contributed by atoms with Gasteiger partial charge in [0.25, 0.3) is 0 Å². The van der Waals surface area contributed by atoms with E-state index in [1.807, 2.05) is 11.1 Å². The number of hydrogen-bond acceptors (Lipinski definition) is 5. The molecule has 1 aliphatic rings. The maximum atomic E-state index is 13.1. The summed E-state index contributed by atoms with van der Waals surface area (Å²) in [5.74, 6) is 0.288. The van der Waals surface area contributed by atoms with E-state index in [4.69, 9.17) is 0 Å². The molecular weight excluding hydrogens is 335 g/mol. The lowest BCUT2D eigenvalue weighted by molar-refractivity contribution is -0.129. The molecule has 132 valence electrons. The zero-order valence-electron chi connectivity index (χ0n) is 14.2. The van der Waals surface area contributed by atoms with Gasteiger partial charge in [0.2, 0.25) is 11.9 Å². The molecule has 2 aromatic heterocycles. The molecule has 1 amide bonds. The van der Waals surface area contributed by atoms with Gasteiger partial charge in [-0.2, -0.15) is 5.10 Å². The molecule has 0 radical (unpaired) electrons. The molecular formula is C18H17FN6O. The van der Waals surface area contributed by atoms with Gasteiger partial charge >= 0.3 is 0 Å². The number of nitrogens with zero attached hydrogens (tertiary/aromatic N) is 6. The van der Waals surface area contributed by atoms with Crippen molar-refractivity contribution in [2.45, 2.75) is 0 Å². The third-order valence-corrected chi connectivity index (χ3v) is 4.35. The van der Waals surface area contributed by atoms with Gasteiger partial charge in [-0.25, -0.2) is 19.0 Å². The number of benzene rings is 1. The Labute approximate surface area is 149 Å². The number of hydrogen-bond donors (Lipinski definition) is 0. The maximum absolute atomic E-state index is 13.1. The number of amides is 1. The Morgan fingerprint density at radius 1 is 1.12 bits per heavy atom. The van der Waals surface area contributed by atoms with Crippen molar-refractivity contribution in [2.24, 2.45) is 0 Å². The van der Waals surface area contributed by atoms with Crippen LogP contribution >= 0.6 is 0 Å². The first-order chi connectivity index (χ1) is 12.6. The summed E-state index contributed by atoms with van der Waals surface area (Å²) in [5.41, 5.74) is 2.30. The van der Waals surface area contributed by atoms with Crippen LogP contribution in [0.15, 0.2) is 48.9 Å². The summed E-state index contributed by atoms with van der Waals surface area (Å²) in [5, 5.41) is 4.32. The molecule has 8 heteroatoms. The van der Waals surface area contributed by atoms with Crippen LogP contribution in [0.25, 0.3) is 16.9 Å². The number of piperazine rings is 1. The van der Waals surface area contributed by atoms with Crippen LogP contribution in [0.5, 0.6) is 0 Å². The monoisotopic (exact) mass is 352 g/mol. The van der Waals surface area contributed by atoms with Gasteiger partial charge < -0.3 is 9.80 Å². The van der Waals surface area contributed by atoms with E-state index in [9.17, 15) is 9.18 Å². The Morgan fingerprint density at radius 2 is 1.92 bits per heavy atom. The highest BCUT2D eigenvalue weighted by atomic mass is 19.1. The average Bonchev–Trinajstić information content (AvgIpc) is 3.15. The third kappa shape index (κ3) is 3.13. The number of halogens is 1.